The zero-order chi connectivity index (χ0) is 19.0. The number of carbonyl (C=O) groups is 1. The fourth-order valence-corrected chi connectivity index (χ4v) is 4.23. The Labute approximate surface area is 161 Å². The van der Waals surface area contributed by atoms with Crippen molar-refractivity contribution in [2.24, 2.45) is 0 Å². The molecule has 2 aromatic carbocycles. The molecule has 4 aromatic rings. The number of carbonyl (C=O) groups excluding carboxylic acids is 1. The third-order valence-electron chi connectivity index (χ3n) is 3.86. The Hall–Kier alpha value is -2.98. The minimum Gasteiger partial charge on any atom is -0.333 e. The Kier molecular flexibility index (Phi) is 4.50. The number of aromatic nitrogens is 3. The van der Waals surface area contributed by atoms with Gasteiger partial charge in [-0.1, -0.05) is 35.2 Å². The van der Waals surface area contributed by atoms with Crippen molar-refractivity contribution in [2.75, 3.05) is 11.1 Å². The number of nitrogens with one attached hydrogen (secondary N) is 2. The number of hydrogen-bond donors (Lipinski definition) is 2. The SMILES string of the molecule is Cc1cccc2sc(NC(=O)CSc3nc4ccc([N+](=O)[O-])cc4[nH]3)nc12. The summed E-state index contributed by atoms with van der Waals surface area (Å²) in [5.74, 6) is -0.0419. The highest BCUT2D eigenvalue weighted by Gasteiger charge is 2.13. The van der Waals surface area contributed by atoms with E-state index in [1.165, 1.54) is 35.2 Å². The van der Waals surface area contributed by atoms with E-state index < -0.39 is 4.92 Å². The van der Waals surface area contributed by atoms with Crippen LogP contribution in [0.15, 0.2) is 41.6 Å². The lowest BCUT2D eigenvalue weighted by atomic mass is 10.2. The minimum absolute atomic E-state index is 0.00780. The molecule has 0 fully saturated rings. The highest BCUT2D eigenvalue weighted by Crippen LogP contribution is 2.28. The van der Waals surface area contributed by atoms with Gasteiger partial charge >= 0.3 is 0 Å². The number of aryl methyl sites for hydroxylation is 1. The first-order valence-corrected chi connectivity index (χ1v) is 9.73. The molecule has 4 rings (SSSR count). The molecule has 27 heavy (non-hydrogen) atoms. The molecule has 1 amide bonds. The molecule has 0 aliphatic rings. The molecule has 8 nitrogen and oxygen atoms in total. The number of anilines is 1. The van der Waals surface area contributed by atoms with Crippen LogP contribution in [0.3, 0.4) is 0 Å². The van der Waals surface area contributed by atoms with Crippen LogP contribution in [0.5, 0.6) is 0 Å². The van der Waals surface area contributed by atoms with Gasteiger partial charge in [0.1, 0.15) is 0 Å². The lowest BCUT2D eigenvalue weighted by molar-refractivity contribution is -0.384. The Morgan fingerprint density at radius 3 is 2.96 bits per heavy atom. The summed E-state index contributed by atoms with van der Waals surface area (Å²) in [7, 11) is 0. The molecular weight excluding hydrogens is 386 g/mol. The van der Waals surface area contributed by atoms with Crippen molar-refractivity contribution in [1.82, 2.24) is 15.0 Å². The first kappa shape index (κ1) is 17.4. The van der Waals surface area contributed by atoms with Crippen LogP contribution < -0.4 is 5.32 Å². The van der Waals surface area contributed by atoms with Gasteiger partial charge in [0.05, 0.1) is 31.9 Å². The maximum absolute atomic E-state index is 12.2. The van der Waals surface area contributed by atoms with Gasteiger partial charge in [-0.25, -0.2) is 9.97 Å². The fraction of sp³-hybridized carbons (Fsp3) is 0.118. The molecule has 0 unspecified atom stereocenters. The van der Waals surface area contributed by atoms with Crippen molar-refractivity contribution < 1.29 is 9.72 Å². The normalized spacial score (nSPS) is 11.1. The highest BCUT2D eigenvalue weighted by atomic mass is 32.2. The zero-order valence-corrected chi connectivity index (χ0v) is 15.7. The molecule has 2 N–H and O–H groups in total. The Balaban J connectivity index is 1.43. The summed E-state index contributed by atoms with van der Waals surface area (Å²) < 4.78 is 1.02. The van der Waals surface area contributed by atoms with Crippen LogP contribution in [-0.2, 0) is 4.79 Å². The molecule has 0 atom stereocenters. The van der Waals surface area contributed by atoms with Gasteiger partial charge in [-0.05, 0) is 24.6 Å². The number of benzene rings is 2. The molecule has 0 spiro atoms. The Bertz CT molecular complexity index is 1180. The molecule has 0 saturated heterocycles. The smallest absolute Gasteiger partial charge is 0.271 e. The summed E-state index contributed by atoms with van der Waals surface area (Å²) in [6.45, 7) is 1.98. The van der Waals surface area contributed by atoms with Crippen molar-refractivity contribution >= 4 is 61.1 Å². The standard InChI is InChI=1S/C17H13N5O3S2/c1-9-3-2-4-13-15(9)21-17(27-13)20-14(23)8-26-16-18-11-6-5-10(22(24)25)7-12(11)19-16/h2-7H,8H2,1H3,(H,18,19)(H,20,21,23). The van der Waals surface area contributed by atoms with Crippen LogP contribution >= 0.6 is 23.1 Å². The summed E-state index contributed by atoms with van der Waals surface area (Å²) in [5.41, 5.74) is 3.13. The van der Waals surface area contributed by atoms with Crippen molar-refractivity contribution in [3.8, 4) is 0 Å². The number of amides is 1. The number of non-ortho nitro benzene ring substituents is 1. The summed E-state index contributed by atoms with van der Waals surface area (Å²) in [6.07, 6.45) is 0. The fourth-order valence-electron chi connectivity index (χ4n) is 2.59. The molecule has 0 saturated carbocycles. The van der Waals surface area contributed by atoms with E-state index in [4.69, 9.17) is 0 Å². The number of thioether (sulfide) groups is 1. The van der Waals surface area contributed by atoms with E-state index in [0.29, 0.717) is 21.3 Å². The van der Waals surface area contributed by atoms with Gasteiger partial charge in [0.15, 0.2) is 10.3 Å². The maximum atomic E-state index is 12.2. The maximum Gasteiger partial charge on any atom is 0.271 e. The van der Waals surface area contributed by atoms with Gasteiger partial charge < -0.3 is 10.3 Å². The number of nitrogens with zero attached hydrogens (tertiary/aromatic N) is 3. The largest absolute Gasteiger partial charge is 0.333 e. The summed E-state index contributed by atoms with van der Waals surface area (Å²) in [4.78, 5) is 34.4. The number of aromatic amines is 1. The van der Waals surface area contributed by atoms with Crippen LogP contribution in [-0.4, -0.2) is 31.5 Å². The predicted molar refractivity (Wildman–Crippen MR) is 106 cm³/mol. The molecule has 10 heteroatoms. The number of para-hydroxylation sites is 1. The monoisotopic (exact) mass is 399 g/mol. The lowest BCUT2D eigenvalue weighted by Crippen LogP contribution is -2.13. The summed E-state index contributed by atoms with van der Waals surface area (Å²) in [5, 5.41) is 14.7. The van der Waals surface area contributed by atoms with Gasteiger partial charge in [-0.15, -0.1) is 0 Å². The van der Waals surface area contributed by atoms with E-state index in [2.05, 4.69) is 20.3 Å². The van der Waals surface area contributed by atoms with Gasteiger partial charge in [-0.2, -0.15) is 0 Å². The van der Waals surface area contributed by atoms with Crippen LogP contribution in [0.1, 0.15) is 5.56 Å². The molecule has 2 heterocycles. The van der Waals surface area contributed by atoms with Crippen molar-refractivity contribution in [3.05, 3.63) is 52.1 Å². The second kappa shape index (κ2) is 6.97. The van der Waals surface area contributed by atoms with E-state index in [1.807, 2.05) is 25.1 Å². The minimum atomic E-state index is -0.458. The molecule has 0 aliphatic heterocycles. The second-order valence-corrected chi connectivity index (χ2v) is 7.77. The summed E-state index contributed by atoms with van der Waals surface area (Å²) in [6, 6.07) is 10.3. The third-order valence-corrected chi connectivity index (χ3v) is 5.67. The number of thiazole rings is 1. The van der Waals surface area contributed by atoms with Crippen LogP contribution in [0.4, 0.5) is 10.8 Å². The van der Waals surface area contributed by atoms with E-state index >= 15 is 0 Å². The highest BCUT2D eigenvalue weighted by molar-refractivity contribution is 7.99. The van der Waals surface area contributed by atoms with E-state index in [0.717, 1.165) is 15.8 Å². The van der Waals surface area contributed by atoms with Gasteiger partial charge in [0, 0.05) is 12.1 Å². The van der Waals surface area contributed by atoms with Crippen LogP contribution in [0.25, 0.3) is 21.3 Å². The molecule has 0 radical (unpaired) electrons. The van der Waals surface area contributed by atoms with E-state index in [-0.39, 0.29) is 17.3 Å². The average molecular weight is 399 g/mol. The first-order chi connectivity index (χ1) is 13.0. The average Bonchev–Trinajstić information content (AvgIpc) is 3.23. The van der Waals surface area contributed by atoms with Crippen molar-refractivity contribution in [2.45, 2.75) is 12.1 Å². The van der Waals surface area contributed by atoms with Gasteiger partial charge in [0.25, 0.3) is 5.69 Å². The zero-order valence-electron chi connectivity index (χ0n) is 14.1. The third kappa shape index (κ3) is 3.62. The number of nitro groups is 1. The van der Waals surface area contributed by atoms with Crippen molar-refractivity contribution in [3.63, 3.8) is 0 Å². The number of rotatable bonds is 5. The van der Waals surface area contributed by atoms with Crippen LogP contribution in [0.2, 0.25) is 0 Å². The van der Waals surface area contributed by atoms with Gasteiger partial charge in [-0.3, -0.25) is 14.9 Å². The van der Waals surface area contributed by atoms with Crippen molar-refractivity contribution in [1.29, 1.82) is 0 Å². The predicted octanol–water partition coefficient (Wildman–Crippen LogP) is 4.12. The summed E-state index contributed by atoms with van der Waals surface area (Å²) >= 11 is 2.66. The van der Waals surface area contributed by atoms with Crippen LogP contribution in [0, 0.1) is 17.0 Å². The molecule has 0 aliphatic carbocycles. The van der Waals surface area contributed by atoms with E-state index in [1.54, 1.807) is 6.07 Å². The number of nitro benzene ring substituents is 1. The first-order valence-electron chi connectivity index (χ1n) is 7.92. The van der Waals surface area contributed by atoms with E-state index in [9.17, 15) is 14.9 Å². The molecular formula is C17H13N5O3S2. The lowest BCUT2D eigenvalue weighted by Gasteiger charge is -1.99. The topological polar surface area (TPSA) is 114 Å². The second-order valence-electron chi connectivity index (χ2n) is 5.78. The van der Waals surface area contributed by atoms with Gasteiger partial charge in [0.2, 0.25) is 5.91 Å². The Morgan fingerprint density at radius 2 is 2.19 bits per heavy atom. The number of H-pyrrole nitrogens is 1. The quantitative estimate of drug-likeness (QED) is 0.296. The molecule has 2 aromatic heterocycles. The molecule has 0 bridgehead atoms. The number of hydrogen-bond acceptors (Lipinski definition) is 7. The number of fused-ring (bicyclic) bond motifs is 2. The Morgan fingerprint density at radius 1 is 1.33 bits per heavy atom. The number of imidazole rings is 1. The molecule has 136 valence electrons.